The molecule has 0 radical (unpaired) electrons. The minimum atomic E-state index is -0.616. The molecule has 6 nitrogen and oxygen atoms in total. The first-order valence-corrected chi connectivity index (χ1v) is 7.95. The lowest BCUT2D eigenvalue weighted by atomic mass is 10.2. The maximum atomic E-state index is 11.9. The summed E-state index contributed by atoms with van der Waals surface area (Å²) in [6.45, 7) is 3.62. The molecule has 2 aromatic carbocycles. The van der Waals surface area contributed by atoms with Gasteiger partial charge in [0.25, 0.3) is 5.91 Å². The number of benzene rings is 2. The second kappa shape index (κ2) is 9.32. The smallest absolute Gasteiger partial charge is 0.344 e. The molecule has 0 saturated heterocycles. The molecule has 0 aromatic heterocycles. The predicted molar refractivity (Wildman–Crippen MR) is 93.9 cm³/mol. The average molecular weight is 343 g/mol. The van der Waals surface area contributed by atoms with Crippen molar-refractivity contribution in [3.63, 3.8) is 0 Å². The van der Waals surface area contributed by atoms with Crippen molar-refractivity contribution in [1.82, 2.24) is 0 Å². The molecule has 2 aromatic rings. The summed E-state index contributed by atoms with van der Waals surface area (Å²) < 4.78 is 15.7. The molecule has 25 heavy (non-hydrogen) atoms. The highest BCUT2D eigenvalue weighted by Crippen LogP contribution is 2.23. The lowest BCUT2D eigenvalue weighted by Gasteiger charge is -2.11. The summed E-state index contributed by atoms with van der Waals surface area (Å²) in [7, 11) is 0. The van der Waals surface area contributed by atoms with Crippen LogP contribution in [0, 0.1) is 6.92 Å². The zero-order valence-electron chi connectivity index (χ0n) is 14.3. The number of hydrogen-bond acceptors (Lipinski definition) is 5. The van der Waals surface area contributed by atoms with E-state index in [9.17, 15) is 9.59 Å². The fraction of sp³-hybridized carbons (Fsp3) is 0.263. The summed E-state index contributed by atoms with van der Waals surface area (Å²) in [6, 6.07) is 14.4. The highest BCUT2D eigenvalue weighted by molar-refractivity contribution is 5.94. The van der Waals surface area contributed by atoms with Gasteiger partial charge in [-0.05, 0) is 43.7 Å². The number of para-hydroxylation sites is 2. The summed E-state index contributed by atoms with van der Waals surface area (Å²) in [5.41, 5.74) is 1.56. The van der Waals surface area contributed by atoms with Crippen LogP contribution < -0.4 is 14.8 Å². The van der Waals surface area contributed by atoms with Gasteiger partial charge < -0.3 is 19.5 Å². The fourth-order valence-electron chi connectivity index (χ4n) is 2.07. The third-order valence-electron chi connectivity index (χ3n) is 3.17. The molecule has 0 aliphatic heterocycles. The van der Waals surface area contributed by atoms with E-state index in [1.165, 1.54) is 0 Å². The van der Waals surface area contributed by atoms with Crippen LogP contribution in [0.25, 0.3) is 0 Å². The summed E-state index contributed by atoms with van der Waals surface area (Å²) in [4.78, 5) is 23.6. The minimum Gasteiger partial charge on any atom is -0.492 e. The van der Waals surface area contributed by atoms with Gasteiger partial charge in [0, 0.05) is 0 Å². The Balaban J connectivity index is 1.77. The van der Waals surface area contributed by atoms with E-state index in [1.54, 1.807) is 24.3 Å². The molecule has 0 aliphatic carbocycles. The van der Waals surface area contributed by atoms with E-state index >= 15 is 0 Å². The molecule has 0 atom stereocenters. The maximum absolute atomic E-state index is 11.9. The first-order valence-electron chi connectivity index (χ1n) is 7.95. The second-order valence-corrected chi connectivity index (χ2v) is 5.24. The van der Waals surface area contributed by atoms with Gasteiger partial charge in [-0.25, -0.2) is 4.79 Å². The van der Waals surface area contributed by atoms with Gasteiger partial charge in [-0.1, -0.05) is 24.3 Å². The Morgan fingerprint density at radius 2 is 1.80 bits per heavy atom. The van der Waals surface area contributed by atoms with Crippen molar-refractivity contribution in [3.05, 3.63) is 54.1 Å². The summed E-state index contributed by atoms with van der Waals surface area (Å²) in [6.07, 6.45) is 0. The molecule has 0 aliphatic rings. The van der Waals surface area contributed by atoms with E-state index in [0.29, 0.717) is 23.8 Å². The van der Waals surface area contributed by atoms with Crippen LogP contribution in [0.4, 0.5) is 5.69 Å². The lowest BCUT2D eigenvalue weighted by molar-refractivity contribution is -0.149. The highest BCUT2D eigenvalue weighted by atomic mass is 16.6. The second-order valence-electron chi connectivity index (χ2n) is 5.24. The van der Waals surface area contributed by atoms with Crippen LogP contribution >= 0.6 is 0 Å². The van der Waals surface area contributed by atoms with Gasteiger partial charge in [0.1, 0.15) is 11.5 Å². The Bertz CT molecular complexity index is 729. The van der Waals surface area contributed by atoms with E-state index in [-0.39, 0.29) is 6.61 Å². The zero-order chi connectivity index (χ0) is 18.1. The van der Waals surface area contributed by atoms with E-state index in [0.717, 1.165) is 5.56 Å². The van der Waals surface area contributed by atoms with Crippen LogP contribution in [0.5, 0.6) is 11.5 Å². The van der Waals surface area contributed by atoms with Gasteiger partial charge in [-0.15, -0.1) is 0 Å². The monoisotopic (exact) mass is 343 g/mol. The number of aryl methyl sites for hydroxylation is 1. The third kappa shape index (κ3) is 6.18. The van der Waals surface area contributed by atoms with Crippen molar-refractivity contribution in [3.8, 4) is 11.5 Å². The molecular formula is C19H21NO5. The molecule has 0 unspecified atom stereocenters. The quantitative estimate of drug-likeness (QED) is 0.746. The minimum absolute atomic E-state index is 0.258. The predicted octanol–water partition coefficient (Wildman–Crippen LogP) is 2.95. The SMILES string of the molecule is CCOc1ccccc1NC(=O)COC(=O)COc1cccc(C)c1. The van der Waals surface area contributed by atoms with Crippen molar-refractivity contribution < 1.29 is 23.8 Å². The van der Waals surface area contributed by atoms with Crippen LogP contribution in [-0.2, 0) is 14.3 Å². The molecule has 1 N–H and O–H groups in total. The van der Waals surface area contributed by atoms with Crippen molar-refractivity contribution in [2.45, 2.75) is 13.8 Å². The van der Waals surface area contributed by atoms with Crippen molar-refractivity contribution in [2.75, 3.05) is 25.1 Å². The number of carbonyl (C=O) groups excluding carboxylic acids is 2. The van der Waals surface area contributed by atoms with Gasteiger partial charge in [-0.3, -0.25) is 4.79 Å². The van der Waals surface area contributed by atoms with Crippen molar-refractivity contribution >= 4 is 17.6 Å². The number of carbonyl (C=O) groups is 2. The molecule has 0 fully saturated rings. The fourth-order valence-corrected chi connectivity index (χ4v) is 2.07. The molecule has 132 valence electrons. The van der Waals surface area contributed by atoms with Crippen molar-refractivity contribution in [1.29, 1.82) is 0 Å². The Labute approximate surface area is 146 Å². The Kier molecular flexibility index (Phi) is 6.83. The van der Waals surface area contributed by atoms with Crippen molar-refractivity contribution in [2.24, 2.45) is 0 Å². The van der Waals surface area contributed by atoms with Gasteiger partial charge >= 0.3 is 5.97 Å². The summed E-state index contributed by atoms with van der Waals surface area (Å²) in [5.74, 6) is 0.0744. The number of nitrogens with one attached hydrogen (secondary N) is 1. The van der Waals surface area contributed by atoms with Gasteiger partial charge in [0.2, 0.25) is 0 Å². The summed E-state index contributed by atoms with van der Waals surface area (Å²) >= 11 is 0. The van der Waals surface area contributed by atoms with E-state index in [4.69, 9.17) is 14.2 Å². The highest BCUT2D eigenvalue weighted by Gasteiger charge is 2.11. The van der Waals surface area contributed by atoms with Crippen LogP contribution in [0.1, 0.15) is 12.5 Å². The zero-order valence-corrected chi connectivity index (χ0v) is 14.3. The number of anilines is 1. The first-order chi connectivity index (χ1) is 12.1. The average Bonchev–Trinajstić information content (AvgIpc) is 2.60. The van der Waals surface area contributed by atoms with Crippen LogP contribution in [0.2, 0.25) is 0 Å². The molecule has 0 bridgehead atoms. The standard InChI is InChI=1S/C19H21NO5/c1-3-23-17-10-5-4-9-16(17)20-18(21)12-25-19(22)13-24-15-8-6-7-14(2)11-15/h4-11H,3,12-13H2,1-2H3,(H,20,21). The number of esters is 1. The molecule has 1 amide bonds. The number of ether oxygens (including phenoxy) is 3. The van der Waals surface area contributed by atoms with Gasteiger partial charge in [-0.2, -0.15) is 0 Å². The van der Waals surface area contributed by atoms with E-state index in [2.05, 4.69) is 5.32 Å². The van der Waals surface area contributed by atoms with Gasteiger partial charge in [0.15, 0.2) is 13.2 Å². The third-order valence-corrected chi connectivity index (χ3v) is 3.17. The Morgan fingerprint density at radius 1 is 1.00 bits per heavy atom. The molecule has 0 heterocycles. The summed E-state index contributed by atoms with van der Waals surface area (Å²) in [5, 5.41) is 2.65. The van der Waals surface area contributed by atoms with E-state index in [1.807, 2.05) is 38.1 Å². The number of hydrogen-bond donors (Lipinski definition) is 1. The van der Waals surface area contributed by atoms with Gasteiger partial charge in [0.05, 0.1) is 12.3 Å². The largest absolute Gasteiger partial charge is 0.492 e. The van der Waals surface area contributed by atoms with Crippen LogP contribution in [-0.4, -0.2) is 31.7 Å². The molecule has 2 rings (SSSR count). The molecule has 0 saturated carbocycles. The topological polar surface area (TPSA) is 73.9 Å². The molecule has 0 spiro atoms. The van der Waals surface area contributed by atoms with Crippen LogP contribution in [0.3, 0.4) is 0 Å². The lowest BCUT2D eigenvalue weighted by Crippen LogP contribution is -2.23. The normalized spacial score (nSPS) is 10.0. The number of rotatable bonds is 8. The first kappa shape index (κ1) is 18.3. The van der Waals surface area contributed by atoms with E-state index < -0.39 is 18.5 Å². The molecular weight excluding hydrogens is 322 g/mol. The number of amides is 1. The van der Waals surface area contributed by atoms with Crippen LogP contribution in [0.15, 0.2) is 48.5 Å². The Morgan fingerprint density at radius 3 is 2.56 bits per heavy atom. The molecule has 6 heteroatoms. The Hall–Kier alpha value is -3.02. The maximum Gasteiger partial charge on any atom is 0.344 e.